The summed E-state index contributed by atoms with van der Waals surface area (Å²) in [6.07, 6.45) is 9.28. The van der Waals surface area contributed by atoms with Crippen LogP contribution in [-0.4, -0.2) is 14.5 Å². The zero-order chi connectivity index (χ0) is 17.1. The van der Waals surface area contributed by atoms with Gasteiger partial charge in [-0.2, -0.15) is 0 Å². The molecular formula is C18H15FN4O. The number of allylic oxidation sites excluding steroid dienone is 2. The van der Waals surface area contributed by atoms with Crippen molar-refractivity contribution in [2.45, 2.75) is 13.0 Å². The minimum absolute atomic E-state index is 0.147. The van der Waals surface area contributed by atoms with Crippen molar-refractivity contribution < 1.29 is 4.39 Å². The summed E-state index contributed by atoms with van der Waals surface area (Å²) in [6, 6.07) is 7.93. The van der Waals surface area contributed by atoms with Gasteiger partial charge in [-0.3, -0.25) is 4.57 Å². The number of nitrogens with zero attached hydrogens (tertiary/aromatic N) is 2. The number of H-pyrrole nitrogens is 1. The zero-order valence-electron chi connectivity index (χ0n) is 12.8. The van der Waals surface area contributed by atoms with Crippen LogP contribution in [0.15, 0.2) is 47.3 Å². The van der Waals surface area contributed by atoms with Crippen molar-refractivity contribution in [3.05, 3.63) is 58.8 Å². The number of rotatable bonds is 4. The van der Waals surface area contributed by atoms with Crippen LogP contribution in [0.1, 0.15) is 6.42 Å². The zero-order valence-corrected chi connectivity index (χ0v) is 12.8. The molecule has 0 spiro atoms. The number of halogens is 1. The van der Waals surface area contributed by atoms with Crippen LogP contribution in [-0.2, 0) is 6.54 Å². The number of hydrogen-bond donors (Lipinski definition) is 2. The van der Waals surface area contributed by atoms with Crippen LogP contribution in [0.3, 0.4) is 0 Å². The van der Waals surface area contributed by atoms with E-state index in [0.29, 0.717) is 35.3 Å². The molecule has 0 aliphatic carbocycles. The van der Waals surface area contributed by atoms with E-state index in [9.17, 15) is 9.18 Å². The molecule has 0 aliphatic heterocycles. The molecule has 3 aromatic rings. The first kappa shape index (κ1) is 15.6. The van der Waals surface area contributed by atoms with Gasteiger partial charge < -0.3 is 10.7 Å². The van der Waals surface area contributed by atoms with Crippen LogP contribution in [0, 0.1) is 18.2 Å². The van der Waals surface area contributed by atoms with E-state index >= 15 is 0 Å². The number of aromatic amines is 1. The second-order valence-electron chi connectivity index (χ2n) is 5.19. The molecule has 0 bridgehead atoms. The number of fused-ring (bicyclic) bond motifs is 1. The van der Waals surface area contributed by atoms with Gasteiger partial charge in [0.2, 0.25) is 0 Å². The summed E-state index contributed by atoms with van der Waals surface area (Å²) >= 11 is 0. The standard InChI is InChI=1S/C18H15FN4O/c1-2-3-4-7-10-23-15-11-14(12-8-5-6-9-13(12)19)21-17(20)16(15)22-18(23)24/h1,4-9,11H,3,10H2,(H2,20,21)(H,22,24)/b7-4+. The van der Waals surface area contributed by atoms with E-state index in [1.165, 1.54) is 10.6 Å². The van der Waals surface area contributed by atoms with E-state index in [4.69, 9.17) is 12.2 Å². The first-order chi connectivity index (χ1) is 11.6. The molecular weight excluding hydrogens is 307 g/mol. The van der Waals surface area contributed by atoms with Gasteiger partial charge in [0, 0.05) is 18.5 Å². The number of nitrogens with one attached hydrogen (secondary N) is 1. The highest BCUT2D eigenvalue weighted by Crippen LogP contribution is 2.26. The predicted molar refractivity (Wildman–Crippen MR) is 92.8 cm³/mol. The maximum Gasteiger partial charge on any atom is 0.326 e. The van der Waals surface area contributed by atoms with Gasteiger partial charge in [-0.1, -0.05) is 24.3 Å². The van der Waals surface area contributed by atoms with E-state index in [2.05, 4.69) is 15.9 Å². The maximum atomic E-state index is 14.0. The third-order valence-corrected chi connectivity index (χ3v) is 3.63. The first-order valence-electron chi connectivity index (χ1n) is 7.34. The van der Waals surface area contributed by atoms with Gasteiger partial charge in [0.15, 0.2) is 0 Å². The average Bonchev–Trinajstić information content (AvgIpc) is 2.88. The fourth-order valence-electron chi connectivity index (χ4n) is 2.50. The molecule has 6 heteroatoms. The molecule has 24 heavy (non-hydrogen) atoms. The highest BCUT2D eigenvalue weighted by Gasteiger charge is 2.14. The molecule has 3 N–H and O–H groups in total. The molecule has 3 rings (SSSR count). The Bertz CT molecular complexity index is 1020. The molecule has 2 aromatic heterocycles. The average molecular weight is 322 g/mol. The lowest BCUT2D eigenvalue weighted by molar-refractivity contribution is 0.631. The van der Waals surface area contributed by atoms with Crippen molar-refractivity contribution in [2.75, 3.05) is 5.73 Å². The van der Waals surface area contributed by atoms with E-state index < -0.39 is 5.82 Å². The Balaban J connectivity index is 2.14. The summed E-state index contributed by atoms with van der Waals surface area (Å²) in [6.45, 7) is 0.334. The molecule has 0 unspecified atom stereocenters. The number of nitrogen functional groups attached to an aromatic ring is 1. The van der Waals surface area contributed by atoms with Crippen molar-refractivity contribution in [3.8, 4) is 23.6 Å². The van der Waals surface area contributed by atoms with Gasteiger partial charge in [0.05, 0.1) is 11.2 Å². The van der Waals surface area contributed by atoms with Gasteiger partial charge in [0.1, 0.15) is 17.2 Å². The van der Waals surface area contributed by atoms with Crippen molar-refractivity contribution in [1.82, 2.24) is 14.5 Å². The fraction of sp³-hybridized carbons (Fsp3) is 0.111. The van der Waals surface area contributed by atoms with Gasteiger partial charge in [-0.25, -0.2) is 14.2 Å². The lowest BCUT2D eigenvalue weighted by atomic mass is 10.1. The van der Waals surface area contributed by atoms with E-state index in [1.54, 1.807) is 36.4 Å². The highest BCUT2D eigenvalue weighted by atomic mass is 19.1. The molecule has 0 radical (unpaired) electrons. The molecule has 0 saturated carbocycles. The number of pyridine rings is 1. The van der Waals surface area contributed by atoms with E-state index in [-0.39, 0.29) is 11.5 Å². The smallest absolute Gasteiger partial charge is 0.326 e. The Hall–Kier alpha value is -3.33. The molecule has 0 fully saturated rings. The summed E-state index contributed by atoms with van der Waals surface area (Å²) < 4.78 is 15.5. The van der Waals surface area contributed by atoms with Gasteiger partial charge in [-0.05, 0) is 18.2 Å². The summed E-state index contributed by atoms with van der Waals surface area (Å²) in [4.78, 5) is 19.0. The van der Waals surface area contributed by atoms with Crippen LogP contribution in [0.4, 0.5) is 10.2 Å². The quantitative estimate of drug-likeness (QED) is 0.573. The SMILES string of the molecule is C#CC/C=C/Cn1c(=O)[nH]c2c(N)nc(-c3ccccc3F)cc21. The van der Waals surface area contributed by atoms with Crippen molar-refractivity contribution in [3.63, 3.8) is 0 Å². The van der Waals surface area contributed by atoms with Gasteiger partial charge in [-0.15, -0.1) is 12.3 Å². The number of benzene rings is 1. The Morgan fingerprint density at radius 2 is 2.17 bits per heavy atom. The highest BCUT2D eigenvalue weighted by molar-refractivity contribution is 5.88. The molecule has 0 aliphatic rings. The lowest BCUT2D eigenvalue weighted by Crippen LogP contribution is -2.15. The van der Waals surface area contributed by atoms with Crippen LogP contribution in [0.5, 0.6) is 0 Å². The Labute approximate surface area is 137 Å². The fourth-order valence-corrected chi connectivity index (χ4v) is 2.50. The van der Waals surface area contributed by atoms with E-state index in [0.717, 1.165) is 0 Å². The minimum atomic E-state index is -0.401. The topological polar surface area (TPSA) is 76.7 Å². The number of aromatic nitrogens is 3. The molecule has 0 saturated heterocycles. The van der Waals surface area contributed by atoms with Crippen molar-refractivity contribution in [1.29, 1.82) is 0 Å². The van der Waals surface area contributed by atoms with Crippen LogP contribution < -0.4 is 11.4 Å². The van der Waals surface area contributed by atoms with Crippen LogP contribution >= 0.6 is 0 Å². The summed E-state index contributed by atoms with van der Waals surface area (Å²) in [7, 11) is 0. The summed E-state index contributed by atoms with van der Waals surface area (Å²) in [5.41, 5.74) is 7.33. The first-order valence-corrected chi connectivity index (χ1v) is 7.34. The Morgan fingerprint density at radius 1 is 1.38 bits per heavy atom. The second-order valence-corrected chi connectivity index (χ2v) is 5.19. The molecule has 2 heterocycles. The predicted octanol–water partition coefficient (Wildman–Crippen LogP) is 2.69. The normalized spacial score (nSPS) is 11.2. The van der Waals surface area contributed by atoms with Crippen LogP contribution in [0.25, 0.3) is 22.3 Å². The number of nitrogens with two attached hydrogens (primary N) is 1. The third kappa shape index (κ3) is 2.79. The number of imidazole rings is 1. The lowest BCUT2D eigenvalue weighted by Gasteiger charge is -2.06. The van der Waals surface area contributed by atoms with Gasteiger partial charge in [0.25, 0.3) is 0 Å². The van der Waals surface area contributed by atoms with Crippen molar-refractivity contribution in [2.24, 2.45) is 0 Å². The van der Waals surface area contributed by atoms with Gasteiger partial charge >= 0.3 is 5.69 Å². The molecule has 1 aromatic carbocycles. The number of hydrogen-bond acceptors (Lipinski definition) is 3. The molecule has 0 amide bonds. The largest absolute Gasteiger partial charge is 0.382 e. The van der Waals surface area contributed by atoms with E-state index in [1.807, 2.05) is 0 Å². The Kier molecular flexibility index (Phi) is 4.17. The number of anilines is 1. The molecule has 0 atom stereocenters. The minimum Gasteiger partial charge on any atom is -0.382 e. The molecule has 5 nitrogen and oxygen atoms in total. The number of terminal acetylenes is 1. The Morgan fingerprint density at radius 3 is 2.92 bits per heavy atom. The molecule has 120 valence electrons. The summed E-state index contributed by atoms with van der Waals surface area (Å²) in [5.74, 6) is 2.24. The van der Waals surface area contributed by atoms with Crippen LogP contribution in [0.2, 0.25) is 0 Å². The maximum absolute atomic E-state index is 14.0. The third-order valence-electron chi connectivity index (χ3n) is 3.63. The second kappa shape index (κ2) is 6.42. The summed E-state index contributed by atoms with van der Waals surface area (Å²) in [5, 5.41) is 0. The monoisotopic (exact) mass is 322 g/mol. The van der Waals surface area contributed by atoms with Crippen molar-refractivity contribution >= 4 is 16.9 Å².